The molecule has 1 heterocycles. The Morgan fingerprint density at radius 1 is 1.09 bits per heavy atom. The summed E-state index contributed by atoms with van der Waals surface area (Å²) in [5.41, 5.74) is 6.34. The van der Waals surface area contributed by atoms with Gasteiger partial charge in [0, 0.05) is 13.1 Å². The van der Waals surface area contributed by atoms with Crippen LogP contribution in [-0.2, 0) is 34.0 Å². The fourth-order valence-corrected chi connectivity index (χ4v) is 7.19. The first-order valence-electron chi connectivity index (χ1n) is 11.3. The second kappa shape index (κ2) is 9.46. The average Bonchev–Trinajstić information content (AvgIpc) is 2.81. The Morgan fingerprint density at radius 3 is 2.38 bits per heavy atom. The summed E-state index contributed by atoms with van der Waals surface area (Å²) >= 11 is 0. The van der Waals surface area contributed by atoms with Gasteiger partial charge in [0.25, 0.3) is 0 Å². The Bertz CT molecular complexity index is 1380. The zero-order valence-corrected chi connectivity index (χ0v) is 20.6. The standard InChI is InChI=1S/C28H29N3O2S/c1-19-13-20(2)27(21(3)14-19)34(4,33)31-18-25-12-8-5-9-22(25)15-26(31)28(32)30-17-24-11-7-6-10-23(24)16-29/h5-14,26H,4,15,17-18H2,1-3H3,(H,30,32). The molecule has 0 fully saturated rings. The maximum Gasteiger partial charge on any atom is 0.238 e. The van der Waals surface area contributed by atoms with Crippen molar-refractivity contribution in [1.82, 2.24) is 9.62 Å². The molecular weight excluding hydrogens is 442 g/mol. The maximum absolute atomic E-state index is 14.4. The molecule has 0 saturated heterocycles. The van der Waals surface area contributed by atoms with Crippen LogP contribution in [0.15, 0.2) is 65.6 Å². The van der Waals surface area contributed by atoms with Crippen LogP contribution >= 0.6 is 0 Å². The first kappa shape index (κ1) is 23.7. The van der Waals surface area contributed by atoms with Crippen LogP contribution in [0, 0.1) is 32.1 Å². The zero-order chi connectivity index (χ0) is 24.5. The summed E-state index contributed by atoms with van der Waals surface area (Å²) in [5.74, 6) is 3.98. The third-order valence-corrected chi connectivity index (χ3v) is 8.82. The van der Waals surface area contributed by atoms with Crippen molar-refractivity contribution in [2.75, 3.05) is 0 Å². The molecule has 4 rings (SSSR count). The van der Waals surface area contributed by atoms with Crippen molar-refractivity contribution < 1.29 is 9.00 Å². The number of nitrogens with zero attached hydrogens (tertiary/aromatic N) is 2. The minimum atomic E-state index is -2.95. The van der Waals surface area contributed by atoms with Crippen LogP contribution < -0.4 is 5.32 Å². The minimum absolute atomic E-state index is 0.221. The van der Waals surface area contributed by atoms with Gasteiger partial charge < -0.3 is 5.32 Å². The Hall–Kier alpha value is -3.40. The van der Waals surface area contributed by atoms with E-state index in [2.05, 4.69) is 17.3 Å². The highest BCUT2D eigenvalue weighted by molar-refractivity contribution is 7.98. The monoisotopic (exact) mass is 471 g/mol. The highest BCUT2D eigenvalue weighted by Crippen LogP contribution is 2.32. The summed E-state index contributed by atoms with van der Waals surface area (Å²) in [5, 5.41) is 12.4. The van der Waals surface area contributed by atoms with Gasteiger partial charge in [0.15, 0.2) is 0 Å². The fourth-order valence-electron chi connectivity index (χ4n) is 4.90. The predicted octanol–water partition coefficient (Wildman–Crippen LogP) is 4.22. The largest absolute Gasteiger partial charge is 0.351 e. The molecular formula is C28H29N3O2S. The van der Waals surface area contributed by atoms with E-state index < -0.39 is 15.7 Å². The number of nitriles is 1. The van der Waals surface area contributed by atoms with Gasteiger partial charge in [-0.25, -0.2) is 8.51 Å². The number of carbonyl (C=O) groups is 1. The van der Waals surface area contributed by atoms with Crippen molar-refractivity contribution in [3.63, 3.8) is 0 Å². The van der Waals surface area contributed by atoms with Crippen molar-refractivity contribution in [3.05, 3.63) is 99.6 Å². The van der Waals surface area contributed by atoms with Gasteiger partial charge >= 0.3 is 0 Å². The number of aryl methyl sites for hydroxylation is 3. The van der Waals surface area contributed by atoms with Crippen molar-refractivity contribution in [3.8, 4) is 6.07 Å². The summed E-state index contributed by atoms with van der Waals surface area (Å²) in [6, 6.07) is 20.7. The summed E-state index contributed by atoms with van der Waals surface area (Å²) in [7, 11) is -2.95. The molecule has 1 aliphatic heterocycles. The van der Waals surface area contributed by atoms with Gasteiger partial charge in [-0.1, -0.05) is 60.2 Å². The second-order valence-electron chi connectivity index (χ2n) is 8.92. The summed E-state index contributed by atoms with van der Waals surface area (Å²) in [6.45, 7) is 6.52. The van der Waals surface area contributed by atoms with Gasteiger partial charge in [-0.05, 0) is 66.9 Å². The van der Waals surface area contributed by atoms with Crippen LogP contribution in [0.4, 0.5) is 0 Å². The topological polar surface area (TPSA) is 73.2 Å². The fraction of sp³-hybridized carbons (Fsp3) is 0.250. The molecule has 1 N–H and O–H groups in total. The Morgan fingerprint density at radius 2 is 1.71 bits per heavy atom. The third-order valence-electron chi connectivity index (χ3n) is 6.40. The van der Waals surface area contributed by atoms with Gasteiger partial charge in [-0.2, -0.15) is 5.26 Å². The molecule has 34 heavy (non-hydrogen) atoms. The normalized spacial score (nSPS) is 17.3. The number of hydrogen-bond acceptors (Lipinski definition) is 3. The molecule has 0 aliphatic carbocycles. The molecule has 174 valence electrons. The highest BCUT2D eigenvalue weighted by Gasteiger charge is 2.37. The second-order valence-corrected chi connectivity index (χ2v) is 11.1. The molecule has 2 unspecified atom stereocenters. The molecule has 0 saturated carbocycles. The molecule has 2 atom stereocenters. The quantitative estimate of drug-likeness (QED) is 0.567. The van der Waals surface area contributed by atoms with E-state index in [1.165, 1.54) is 0 Å². The Kier molecular flexibility index (Phi) is 6.60. The van der Waals surface area contributed by atoms with E-state index in [4.69, 9.17) is 0 Å². The summed E-state index contributed by atoms with van der Waals surface area (Å²) in [4.78, 5) is 14.2. The van der Waals surface area contributed by atoms with E-state index in [9.17, 15) is 14.3 Å². The van der Waals surface area contributed by atoms with E-state index in [1.54, 1.807) is 16.4 Å². The molecule has 6 heteroatoms. The van der Waals surface area contributed by atoms with E-state index >= 15 is 0 Å². The van der Waals surface area contributed by atoms with Crippen molar-refractivity contribution in [2.24, 2.45) is 0 Å². The summed E-state index contributed by atoms with van der Waals surface area (Å²) < 4.78 is 16.2. The lowest BCUT2D eigenvalue weighted by Gasteiger charge is -2.38. The molecule has 0 spiro atoms. The van der Waals surface area contributed by atoms with Gasteiger partial charge in [0.1, 0.15) is 6.04 Å². The lowest BCUT2D eigenvalue weighted by molar-refractivity contribution is -0.125. The minimum Gasteiger partial charge on any atom is -0.351 e. The lowest BCUT2D eigenvalue weighted by Crippen LogP contribution is -2.52. The lowest BCUT2D eigenvalue weighted by atomic mass is 9.95. The van der Waals surface area contributed by atoms with Crippen LogP contribution in [0.2, 0.25) is 0 Å². The van der Waals surface area contributed by atoms with Crippen LogP contribution in [0.3, 0.4) is 0 Å². The predicted molar refractivity (Wildman–Crippen MR) is 137 cm³/mol. The van der Waals surface area contributed by atoms with Crippen LogP contribution in [0.25, 0.3) is 0 Å². The molecule has 5 nitrogen and oxygen atoms in total. The molecule has 0 bridgehead atoms. The SMILES string of the molecule is C=S(=O)(c1c(C)cc(C)cc1C)N1Cc2ccccc2CC1C(=O)NCc1ccccc1C#N. The summed E-state index contributed by atoms with van der Waals surface area (Å²) in [6.07, 6.45) is 0.443. The number of benzene rings is 3. The van der Waals surface area contributed by atoms with Gasteiger partial charge in [-0.3, -0.25) is 4.79 Å². The van der Waals surface area contributed by atoms with Crippen LogP contribution in [0.1, 0.15) is 38.9 Å². The first-order valence-corrected chi connectivity index (χ1v) is 12.9. The molecule has 1 amide bonds. The van der Waals surface area contributed by atoms with Gasteiger partial charge in [0.05, 0.1) is 26.2 Å². The Labute approximate surface area is 202 Å². The average molecular weight is 472 g/mol. The third kappa shape index (κ3) is 4.50. The first-order chi connectivity index (χ1) is 16.2. The number of amides is 1. The molecule has 3 aromatic carbocycles. The number of fused-ring (bicyclic) bond motifs is 1. The number of rotatable bonds is 5. The van der Waals surface area contributed by atoms with Crippen molar-refractivity contribution >= 4 is 21.5 Å². The number of carbonyl (C=O) groups excluding carboxylic acids is 1. The zero-order valence-electron chi connectivity index (χ0n) is 19.8. The highest BCUT2D eigenvalue weighted by atomic mass is 32.2. The number of nitrogens with one attached hydrogen (secondary N) is 1. The maximum atomic E-state index is 14.4. The van der Waals surface area contributed by atoms with Crippen molar-refractivity contribution in [1.29, 1.82) is 5.26 Å². The van der Waals surface area contributed by atoms with E-state index in [0.29, 0.717) is 23.4 Å². The van der Waals surface area contributed by atoms with Crippen molar-refractivity contribution in [2.45, 2.75) is 51.2 Å². The van der Waals surface area contributed by atoms with Crippen LogP contribution in [0.5, 0.6) is 0 Å². The van der Waals surface area contributed by atoms with Gasteiger partial charge in [0.2, 0.25) is 5.91 Å². The van der Waals surface area contributed by atoms with E-state index in [0.717, 1.165) is 33.4 Å². The molecule has 3 aromatic rings. The molecule has 1 aliphatic rings. The van der Waals surface area contributed by atoms with E-state index in [-0.39, 0.29) is 12.5 Å². The van der Waals surface area contributed by atoms with E-state index in [1.807, 2.05) is 69.3 Å². The smallest absolute Gasteiger partial charge is 0.238 e. The van der Waals surface area contributed by atoms with Gasteiger partial charge in [-0.15, -0.1) is 0 Å². The molecule has 0 radical (unpaired) electrons. The Balaban J connectivity index is 1.71. The number of hydrogen-bond donors (Lipinski definition) is 1. The van der Waals surface area contributed by atoms with Crippen LogP contribution in [-0.4, -0.2) is 26.3 Å². The molecule has 0 aromatic heterocycles.